The Kier molecular flexibility index (Phi) is 5.81. The number of aromatic nitrogens is 3. The SMILES string of the molecule is Cc1ccccc1SCC(=O)N1CCCC(c2nnc3n2CCCCC3)C1. The highest BCUT2D eigenvalue weighted by Gasteiger charge is 2.29. The average molecular weight is 385 g/mol. The van der Waals surface area contributed by atoms with Gasteiger partial charge in [-0.1, -0.05) is 24.6 Å². The molecule has 5 nitrogen and oxygen atoms in total. The van der Waals surface area contributed by atoms with Crippen LogP contribution >= 0.6 is 11.8 Å². The van der Waals surface area contributed by atoms with Gasteiger partial charge in [0, 0.05) is 36.9 Å². The lowest BCUT2D eigenvalue weighted by molar-refractivity contribution is -0.129. The number of hydrogen-bond donors (Lipinski definition) is 0. The van der Waals surface area contributed by atoms with Gasteiger partial charge in [0.1, 0.15) is 11.6 Å². The maximum absolute atomic E-state index is 12.8. The van der Waals surface area contributed by atoms with E-state index in [-0.39, 0.29) is 5.91 Å². The van der Waals surface area contributed by atoms with Crippen LogP contribution < -0.4 is 0 Å². The number of nitrogens with zero attached hydrogens (tertiary/aromatic N) is 4. The molecule has 4 rings (SSSR count). The number of likely N-dealkylation sites (tertiary alicyclic amines) is 1. The van der Waals surface area contributed by atoms with E-state index in [9.17, 15) is 4.79 Å². The minimum absolute atomic E-state index is 0.239. The molecule has 3 heterocycles. The molecule has 0 N–H and O–H groups in total. The van der Waals surface area contributed by atoms with Crippen LogP contribution in [0.4, 0.5) is 0 Å². The first-order chi connectivity index (χ1) is 13.2. The predicted molar refractivity (Wildman–Crippen MR) is 108 cm³/mol. The summed E-state index contributed by atoms with van der Waals surface area (Å²) in [6.45, 7) is 4.78. The number of carbonyl (C=O) groups is 1. The number of benzene rings is 1. The largest absolute Gasteiger partial charge is 0.341 e. The van der Waals surface area contributed by atoms with Gasteiger partial charge in [-0.05, 0) is 44.2 Å². The summed E-state index contributed by atoms with van der Waals surface area (Å²) in [7, 11) is 0. The molecule has 1 aromatic carbocycles. The van der Waals surface area contributed by atoms with E-state index < -0.39 is 0 Å². The van der Waals surface area contributed by atoms with Crippen molar-refractivity contribution in [3.05, 3.63) is 41.5 Å². The third-order valence-electron chi connectivity index (χ3n) is 5.72. The van der Waals surface area contributed by atoms with Crippen molar-refractivity contribution in [1.29, 1.82) is 0 Å². The topological polar surface area (TPSA) is 51.0 Å². The van der Waals surface area contributed by atoms with E-state index in [1.165, 1.54) is 29.7 Å². The summed E-state index contributed by atoms with van der Waals surface area (Å²) in [6, 6.07) is 8.27. The van der Waals surface area contributed by atoms with E-state index in [4.69, 9.17) is 0 Å². The fourth-order valence-corrected chi connectivity index (χ4v) is 5.11. The zero-order chi connectivity index (χ0) is 18.6. The molecule has 1 amide bonds. The third-order valence-corrected chi connectivity index (χ3v) is 6.88. The van der Waals surface area contributed by atoms with Gasteiger partial charge in [0.2, 0.25) is 5.91 Å². The van der Waals surface area contributed by atoms with Gasteiger partial charge in [0.05, 0.1) is 5.75 Å². The molecule has 2 aliphatic heterocycles. The van der Waals surface area contributed by atoms with Crippen molar-refractivity contribution in [2.75, 3.05) is 18.8 Å². The van der Waals surface area contributed by atoms with E-state index in [1.807, 2.05) is 17.0 Å². The normalized spacial score (nSPS) is 20.2. The van der Waals surface area contributed by atoms with Crippen LogP contribution in [0.1, 0.15) is 55.2 Å². The molecule has 144 valence electrons. The lowest BCUT2D eigenvalue weighted by atomic mass is 9.97. The fraction of sp³-hybridized carbons (Fsp3) is 0.571. The van der Waals surface area contributed by atoms with E-state index in [0.29, 0.717) is 11.7 Å². The number of carbonyl (C=O) groups excluding carboxylic acids is 1. The summed E-state index contributed by atoms with van der Waals surface area (Å²) in [5, 5.41) is 8.98. The number of fused-ring (bicyclic) bond motifs is 1. The van der Waals surface area contributed by atoms with Gasteiger partial charge in [-0.2, -0.15) is 0 Å². The van der Waals surface area contributed by atoms with Crippen LogP contribution in [-0.4, -0.2) is 44.4 Å². The van der Waals surface area contributed by atoms with Crippen molar-refractivity contribution < 1.29 is 4.79 Å². The average Bonchev–Trinajstić information content (AvgIpc) is 2.95. The molecular weight excluding hydrogens is 356 g/mol. The number of rotatable bonds is 4. The van der Waals surface area contributed by atoms with Gasteiger partial charge in [-0.3, -0.25) is 4.79 Å². The highest BCUT2D eigenvalue weighted by Crippen LogP contribution is 2.29. The minimum Gasteiger partial charge on any atom is -0.341 e. The van der Waals surface area contributed by atoms with Crippen LogP contribution in [0.2, 0.25) is 0 Å². The Morgan fingerprint density at radius 1 is 1.15 bits per heavy atom. The van der Waals surface area contributed by atoms with E-state index in [1.54, 1.807) is 11.8 Å². The standard InChI is InChI=1S/C21H28N4OS/c1-16-8-4-5-10-18(16)27-15-20(26)24-12-7-9-17(14-24)21-23-22-19-11-3-2-6-13-25(19)21/h4-5,8,10,17H,2-3,6-7,9,11-15H2,1H3. The number of amides is 1. The van der Waals surface area contributed by atoms with Crippen LogP contribution in [-0.2, 0) is 17.8 Å². The molecule has 1 unspecified atom stereocenters. The number of thioether (sulfide) groups is 1. The van der Waals surface area contributed by atoms with Crippen molar-refractivity contribution >= 4 is 17.7 Å². The fourth-order valence-electron chi connectivity index (χ4n) is 4.17. The smallest absolute Gasteiger partial charge is 0.232 e. The van der Waals surface area contributed by atoms with E-state index >= 15 is 0 Å². The third kappa shape index (κ3) is 4.21. The first kappa shape index (κ1) is 18.5. The Hall–Kier alpha value is -1.82. The number of piperidine rings is 1. The first-order valence-electron chi connectivity index (χ1n) is 10.1. The molecule has 0 aliphatic carbocycles. The Bertz CT molecular complexity index is 803. The summed E-state index contributed by atoms with van der Waals surface area (Å²) >= 11 is 1.65. The monoisotopic (exact) mass is 384 g/mol. The van der Waals surface area contributed by atoms with Crippen LogP contribution in [0.25, 0.3) is 0 Å². The molecule has 2 aromatic rings. The van der Waals surface area contributed by atoms with Gasteiger partial charge >= 0.3 is 0 Å². The molecule has 1 aromatic heterocycles. The van der Waals surface area contributed by atoms with E-state index in [0.717, 1.165) is 50.5 Å². The summed E-state index contributed by atoms with van der Waals surface area (Å²) in [6.07, 6.45) is 6.88. The van der Waals surface area contributed by atoms with Crippen LogP contribution in [0.5, 0.6) is 0 Å². The maximum Gasteiger partial charge on any atom is 0.232 e. The van der Waals surface area contributed by atoms with Crippen LogP contribution in [0.15, 0.2) is 29.2 Å². The Labute approximate surface area is 165 Å². The van der Waals surface area contributed by atoms with Crippen LogP contribution in [0, 0.1) is 6.92 Å². The van der Waals surface area contributed by atoms with Crippen LogP contribution in [0.3, 0.4) is 0 Å². The maximum atomic E-state index is 12.8. The summed E-state index contributed by atoms with van der Waals surface area (Å²) in [5.41, 5.74) is 1.23. The molecule has 6 heteroatoms. The molecular formula is C21H28N4OS. The molecule has 0 spiro atoms. The summed E-state index contributed by atoms with van der Waals surface area (Å²) < 4.78 is 2.34. The molecule has 27 heavy (non-hydrogen) atoms. The lowest BCUT2D eigenvalue weighted by Gasteiger charge is -2.32. The number of aryl methyl sites for hydroxylation is 2. The highest BCUT2D eigenvalue weighted by atomic mass is 32.2. The molecule has 0 radical (unpaired) electrons. The van der Waals surface area contributed by atoms with Crippen molar-refractivity contribution in [2.24, 2.45) is 0 Å². The first-order valence-corrected chi connectivity index (χ1v) is 11.1. The zero-order valence-electron chi connectivity index (χ0n) is 16.1. The van der Waals surface area contributed by atoms with Gasteiger partial charge in [-0.15, -0.1) is 22.0 Å². The van der Waals surface area contributed by atoms with Gasteiger partial charge in [0.25, 0.3) is 0 Å². The van der Waals surface area contributed by atoms with Crippen molar-refractivity contribution in [1.82, 2.24) is 19.7 Å². The molecule has 0 bridgehead atoms. The Morgan fingerprint density at radius 2 is 2.04 bits per heavy atom. The molecule has 2 aliphatic rings. The zero-order valence-corrected chi connectivity index (χ0v) is 16.9. The van der Waals surface area contributed by atoms with Gasteiger partial charge in [0.15, 0.2) is 0 Å². The second-order valence-corrected chi connectivity index (χ2v) is 8.69. The molecule has 1 atom stereocenters. The van der Waals surface area contributed by atoms with Crippen molar-refractivity contribution in [3.8, 4) is 0 Å². The lowest BCUT2D eigenvalue weighted by Crippen LogP contribution is -2.40. The second-order valence-electron chi connectivity index (χ2n) is 7.67. The van der Waals surface area contributed by atoms with Crippen molar-refractivity contribution in [3.63, 3.8) is 0 Å². The predicted octanol–water partition coefficient (Wildman–Crippen LogP) is 3.81. The highest BCUT2D eigenvalue weighted by molar-refractivity contribution is 8.00. The minimum atomic E-state index is 0.239. The second kappa shape index (κ2) is 8.46. The molecule has 1 saturated heterocycles. The summed E-state index contributed by atoms with van der Waals surface area (Å²) in [4.78, 5) is 16.0. The Balaban J connectivity index is 1.40. The van der Waals surface area contributed by atoms with E-state index in [2.05, 4.69) is 33.8 Å². The quantitative estimate of drug-likeness (QED) is 0.752. The number of hydrogen-bond acceptors (Lipinski definition) is 4. The van der Waals surface area contributed by atoms with Crippen molar-refractivity contribution in [2.45, 2.75) is 62.8 Å². The Morgan fingerprint density at radius 3 is 2.93 bits per heavy atom. The molecule has 0 saturated carbocycles. The van der Waals surface area contributed by atoms with Gasteiger partial charge < -0.3 is 9.47 Å². The molecule has 1 fully saturated rings. The summed E-state index contributed by atoms with van der Waals surface area (Å²) in [5.74, 6) is 3.32. The van der Waals surface area contributed by atoms with Gasteiger partial charge in [-0.25, -0.2) is 0 Å².